The third-order valence-electron chi connectivity index (χ3n) is 9.67. The lowest BCUT2D eigenvalue weighted by Gasteiger charge is -2.65. The van der Waals surface area contributed by atoms with Crippen molar-refractivity contribution >= 4 is 17.7 Å². The molecule has 2 saturated carbocycles. The number of hydrogen-bond acceptors (Lipinski definition) is 7. The zero-order valence-corrected chi connectivity index (χ0v) is 20.2. The van der Waals surface area contributed by atoms with Crippen LogP contribution in [0.1, 0.15) is 65.5 Å². The Morgan fingerprint density at radius 1 is 1.21 bits per heavy atom. The zero-order valence-electron chi connectivity index (χ0n) is 20.2. The molecule has 0 bridgehead atoms. The highest BCUT2D eigenvalue weighted by Crippen LogP contribution is 2.78. The Morgan fingerprint density at radius 3 is 2.50 bits per heavy atom. The van der Waals surface area contributed by atoms with Gasteiger partial charge >= 0.3 is 11.9 Å². The number of carboxylic acids is 1. The summed E-state index contributed by atoms with van der Waals surface area (Å²) < 4.78 is 17.4. The third kappa shape index (κ3) is 2.64. The summed E-state index contributed by atoms with van der Waals surface area (Å²) in [6.07, 6.45) is 5.56. The minimum Gasteiger partial charge on any atom is -0.478 e. The first-order chi connectivity index (χ1) is 15.7. The number of furan rings is 1. The molecule has 1 aromatic heterocycles. The second-order valence-electron chi connectivity index (χ2n) is 11.7. The van der Waals surface area contributed by atoms with Crippen molar-refractivity contribution in [3.8, 4) is 0 Å². The van der Waals surface area contributed by atoms with Crippen molar-refractivity contribution in [3.05, 3.63) is 36.3 Å². The number of rotatable bonds is 4. The van der Waals surface area contributed by atoms with Crippen LogP contribution in [-0.4, -0.2) is 45.2 Å². The van der Waals surface area contributed by atoms with Gasteiger partial charge in [-0.1, -0.05) is 19.9 Å². The van der Waals surface area contributed by atoms with Crippen molar-refractivity contribution < 1.29 is 38.5 Å². The highest BCUT2D eigenvalue weighted by molar-refractivity contribution is 5.93. The Labute approximate surface area is 198 Å². The molecular formula is C26H32O8. The number of carboxylic acid groups (broad SMARTS) is 1. The first kappa shape index (κ1) is 23.3. The van der Waals surface area contributed by atoms with Gasteiger partial charge in [-0.05, 0) is 51.0 Å². The van der Waals surface area contributed by atoms with Crippen LogP contribution >= 0.6 is 0 Å². The van der Waals surface area contributed by atoms with E-state index in [2.05, 4.69) is 0 Å². The highest BCUT2D eigenvalue weighted by atomic mass is 16.7. The Morgan fingerprint density at radius 2 is 1.91 bits per heavy atom. The van der Waals surface area contributed by atoms with Gasteiger partial charge in [0.05, 0.1) is 23.5 Å². The molecular weight excluding hydrogens is 440 g/mol. The number of allylic oxidation sites excluding steroid dienone is 1. The second kappa shape index (κ2) is 6.82. The smallest absolute Gasteiger partial charge is 0.339 e. The van der Waals surface area contributed by atoms with Crippen LogP contribution in [0.5, 0.6) is 0 Å². The molecule has 0 radical (unpaired) electrons. The number of hydrogen-bond donors (Lipinski definition) is 2. The Bertz CT molecular complexity index is 1080. The van der Waals surface area contributed by atoms with Crippen molar-refractivity contribution in [3.63, 3.8) is 0 Å². The molecule has 8 atom stereocenters. The van der Waals surface area contributed by atoms with Crippen molar-refractivity contribution in [2.75, 3.05) is 0 Å². The lowest BCUT2D eigenvalue weighted by Crippen LogP contribution is -2.71. The molecule has 0 amide bonds. The average molecular weight is 473 g/mol. The molecule has 4 aliphatic rings. The van der Waals surface area contributed by atoms with E-state index in [0.29, 0.717) is 12.8 Å². The molecule has 184 valence electrons. The van der Waals surface area contributed by atoms with Crippen LogP contribution in [-0.2, 0) is 23.9 Å². The van der Waals surface area contributed by atoms with Gasteiger partial charge in [0.15, 0.2) is 6.10 Å². The maximum Gasteiger partial charge on any atom is 0.339 e. The normalized spacial score (nSPS) is 45.8. The van der Waals surface area contributed by atoms with Crippen molar-refractivity contribution in [1.82, 2.24) is 0 Å². The number of ketones is 1. The van der Waals surface area contributed by atoms with Crippen LogP contribution in [0.15, 0.2) is 35.2 Å². The van der Waals surface area contributed by atoms with Crippen molar-refractivity contribution in [2.45, 2.75) is 77.3 Å². The topological polar surface area (TPSA) is 127 Å². The van der Waals surface area contributed by atoms with Crippen LogP contribution in [0.3, 0.4) is 0 Å². The van der Waals surface area contributed by atoms with E-state index >= 15 is 0 Å². The number of Topliss-reactive ketones (excluding diaryl/α,β-unsaturated/α-hetero) is 1. The first-order valence-electron chi connectivity index (χ1n) is 11.8. The molecule has 5 rings (SSSR count). The quantitative estimate of drug-likeness (QED) is 0.388. The van der Waals surface area contributed by atoms with Crippen molar-refractivity contribution in [1.29, 1.82) is 0 Å². The molecule has 4 fully saturated rings. The number of ether oxygens (including phenoxy) is 2. The van der Waals surface area contributed by atoms with Crippen LogP contribution in [0.25, 0.3) is 0 Å². The Kier molecular flexibility index (Phi) is 4.67. The molecule has 3 heterocycles. The Balaban J connectivity index is 1.69. The summed E-state index contributed by atoms with van der Waals surface area (Å²) >= 11 is 0. The van der Waals surface area contributed by atoms with Crippen LogP contribution in [0.2, 0.25) is 0 Å². The van der Waals surface area contributed by atoms with E-state index in [-0.39, 0.29) is 18.1 Å². The number of cyclic esters (lactones) is 1. The molecule has 8 heteroatoms. The summed E-state index contributed by atoms with van der Waals surface area (Å²) in [5.74, 6) is -2.50. The fraction of sp³-hybridized carbons (Fsp3) is 0.654. The van der Waals surface area contributed by atoms with E-state index in [9.17, 15) is 24.6 Å². The number of epoxide rings is 1. The molecule has 2 aliphatic heterocycles. The van der Waals surface area contributed by atoms with E-state index in [1.807, 2.05) is 20.8 Å². The molecule has 1 unspecified atom stereocenters. The average Bonchev–Trinajstić information content (AvgIpc) is 3.31. The zero-order chi connectivity index (χ0) is 24.9. The summed E-state index contributed by atoms with van der Waals surface area (Å²) in [5.41, 5.74) is -4.17. The van der Waals surface area contributed by atoms with Gasteiger partial charge in [-0.3, -0.25) is 4.79 Å². The lowest BCUT2D eigenvalue weighted by atomic mass is 9.37. The summed E-state index contributed by atoms with van der Waals surface area (Å²) in [5, 5.41) is 20.5. The van der Waals surface area contributed by atoms with E-state index in [1.165, 1.54) is 6.26 Å². The second-order valence-corrected chi connectivity index (χ2v) is 11.7. The third-order valence-corrected chi connectivity index (χ3v) is 9.67. The van der Waals surface area contributed by atoms with E-state index in [4.69, 9.17) is 13.9 Å². The molecule has 1 spiro atoms. The van der Waals surface area contributed by atoms with E-state index in [0.717, 1.165) is 11.6 Å². The predicted octanol–water partition coefficient (Wildman–Crippen LogP) is 3.44. The maximum absolute atomic E-state index is 14.1. The Hall–Kier alpha value is -2.45. The molecule has 1 aromatic rings. The van der Waals surface area contributed by atoms with Crippen molar-refractivity contribution in [2.24, 2.45) is 28.1 Å². The largest absolute Gasteiger partial charge is 0.478 e. The van der Waals surface area contributed by atoms with Gasteiger partial charge in [-0.2, -0.15) is 0 Å². The van der Waals surface area contributed by atoms with E-state index in [1.54, 1.807) is 32.3 Å². The number of aliphatic hydroxyl groups is 1. The van der Waals surface area contributed by atoms with Gasteiger partial charge in [0.1, 0.15) is 17.5 Å². The highest BCUT2D eigenvalue weighted by Gasteiger charge is 2.88. The number of carbonyl (C=O) groups excluding carboxylic acids is 2. The van der Waals surface area contributed by atoms with Crippen LogP contribution in [0, 0.1) is 28.1 Å². The number of carbonyl (C=O) groups is 3. The minimum atomic E-state index is -1.22. The SMILES string of the molecule is CC(C)(O)[C@@H]1CC(=O)[C@]2(C)[C@H](CC[C@@]3(C)C(c4ccoc4)OC(=O)[C@H]4O[C@]432)[C@@]1(C)/C=C/C(=O)O. The first-order valence-corrected chi connectivity index (χ1v) is 11.8. The summed E-state index contributed by atoms with van der Waals surface area (Å²) in [4.78, 5) is 38.6. The van der Waals surface area contributed by atoms with Crippen LogP contribution < -0.4 is 0 Å². The molecule has 0 aromatic carbocycles. The number of esters is 1. The molecule has 2 aliphatic carbocycles. The fourth-order valence-corrected chi connectivity index (χ4v) is 8.15. The number of aliphatic carboxylic acids is 1. The summed E-state index contributed by atoms with van der Waals surface area (Å²) in [7, 11) is 0. The monoisotopic (exact) mass is 472 g/mol. The summed E-state index contributed by atoms with van der Waals surface area (Å²) in [6, 6.07) is 1.76. The lowest BCUT2D eigenvalue weighted by molar-refractivity contribution is -0.213. The van der Waals surface area contributed by atoms with Crippen LogP contribution in [0.4, 0.5) is 0 Å². The summed E-state index contributed by atoms with van der Waals surface area (Å²) in [6.45, 7) is 9.13. The molecule has 2 N–H and O–H groups in total. The standard InChI is InChI=1S/C26H32O8/c1-22(2,31)16-12-17(27)25(5)15(23(16,3)9-7-18(28)29)6-10-24(4)19(14-8-11-32-13-14)33-21(30)20-26(24,25)34-20/h7-9,11,13,15-16,19-20,31H,6,10,12H2,1-5H3,(H,28,29)/b9-7+/t15-,16+,19?,20-,23-,24+,25+,26-/m1/s1. The van der Waals surface area contributed by atoms with E-state index < -0.39 is 57.5 Å². The molecule has 8 nitrogen and oxygen atoms in total. The van der Waals surface area contributed by atoms with Gasteiger partial charge in [0.2, 0.25) is 0 Å². The van der Waals surface area contributed by atoms with Gasteiger partial charge < -0.3 is 24.1 Å². The molecule has 34 heavy (non-hydrogen) atoms. The fourth-order valence-electron chi connectivity index (χ4n) is 8.15. The number of fused-ring (bicyclic) bond motifs is 1. The van der Waals surface area contributed by atoms with Gasteiger partial charge in [-0.15, -0.1) is 0 Å². The van der Waals surface area contributed by atoms with Gasteiger partial charge in [0, 0.05) is 29.4 Å². The predicted molar refractivity (Wildman–Crippen MR) is 118 cm³/mol. The minimum absolute atomic E-state index is 0.0519. The molecule has 2 saturated heterocycles. The van der Waals surface area contributed by atoms with Gasteiger partial charge in [0.25, 0.3) is 0 Å². The van der Waals surface area contributed by atoms with Gasteiger partial charge in [-0.25, -0.2) is 9.59 Å². The maximum atomic E-state index is 14.1.